The number of carbonyl (C=O) groups is 3. The highest BCUT2D eigenvalue weighted by molar-refractivity contribution is 9.10. The third-order valence-corrected chi connectivity index (χ3v) is 5.23. The topological polar surface area (TPSA) is 106 Å². The molecule has 3 N–H and O–H groups in total. The molecule has 168 valence electrons. The fourth-order valence-corrected chi connectivity index (χ4v) is 3.65. The molecule has 2 aromatic carbocycles. The van der Waals surface area contributed by atoms with E-state index in [1.807, 2.05) is 30.3 Å². The minimum Gasteiger partial charge on any atom is -0.483 e. The number of hydrogen-bond acceptors (Lipinski definition) is 5. The highest BCUT2D eigenvalue weighted by Crippen LogP contribution is 2.35. The Morgan fingerprint density at radius 2 is 1.91 bits per heavy atom. The molecule has 3 rings (SSSR count). The third kappa shape index (κ3) is 5.88. The van der Waals surface area contributed by atoms with Crippen molar-refractivity contribution in [2.45, 2.75) is 26.4 Å². The summed E-state index contributed by atoms with van der Waals surface area (Å²) in [6.45, 7) is 3.69. The summed E-state index contributed by atoms with van der Waals surface area (Å²) in [6.07, 6.45) is 0. The molecule has 32 heavy (non-hydrogen) atoms. The number of ether oxygens (including phenoxy) is 2. The molecule has 1 aliphatic rings. The SMILES string of the molecule is CCOC(=O)C1=C(C)NC(=O)N[C@@H]1c1cc(Br)ccc1OCC(=O)NCc1ccccc1. The van der Waals surface area contributed by atoms with Gasteiger partial charge < -0.3 is 25.4 Å². The molecule has 0 saturated heterocycles. The Hall–Kier alpha value is -3.33. The van der Waals surface area contributed by atoms with E-state index in [1.165, 1.54) is 0 Å². The van der Waals surface area contributed by atoms with Crippen molar-refractivity contribution in [1.82, 2.24) is 16.0 Å². The Balaban J connectivity index is 1.79. The zero-order chi connectivity index (χ0) is 23.1. The highest BCUT2D eigenvalue weighted by atomic mass is 79.9. The second-order valence-electron chi connectivity index (χ2n) is 7.02. The smallest absolute Gasteiger partial charge is 0.338 e. The average Bonchev–Trinajstić information content (AvgIpc) is 2.77. The maximum absolute atomic E-state index is 12.6. The number of rotatable bonds is 8. The minimum atomic E-state index is -0.803. The second kappa shape index (κ2) is 10.8. The molecule has 0 radical (unpaired) electrons. The van der Waals surface area contributed by atoms with Gasteiger partial charge in [-0.2, -0.15) is 0 Å². The van der Waals surface area contributed by atoms with Crippen LogP contribution in [0.1, 0.15) is 31.0 Å². The van der Waals surface area contributed by atoms with E-state index in [4.69, 9.17) is 9.47 Å². The fourth-order valence-electron chi connectivity index (χ4n) is 3.27. The fraction of sp³-hybridized carbons (Fsp3) is 0.261. The van der Waals surface area contributed by atoms with E-state index < -0.39 is 18.0 Å². The van der Waals surface area contributed by atoms with E-state index >= 15 is 0 Å². The normalized spacial score (nSPS) is 15.5. The highest BCUT2D eigenvalue weighted by Gasteiger charge is 2.34. The van der Waals surface area contributed by atoms with Crippen molar-refractivity contribution in [1.29, 1.82) is 0 Å². The first kappa shape index (κ1) is 23.3. The molecule has 0 fully saturated rings. The number of amides is 3. The average molecular weight is 502 g/mol. The summed E-state index contributed by atoms with van der Waals surface area (Å²) < 4.78 is 11.7. The van der Waals surface area contributed by atoms with Crippen molar-refractivity contribution < 1.29 is 23.9 Å². The van der Waals surface area contributed by atoms with Gasteiger partial charge in [-0.1, -0.05) is 46.3 Å². The number of esters is 1. The Morgan fingerprint density at radius 1 is 1.16 bits per heavy atom. The van der Waals surface area contributed by atoms with E-state index in [0.717, 1.165) is 10.0 Å². The first-order chi connectivity index (χ1) is 15.4. The van der Waals surface area contributed by atoms with Crippen LogP contribution in [-0.2, 0) is 20.9 Å². The van der Waals surface area contributed by atoms with Gasteiger partial charge in [0.2, 0.25) is 0 Å². The summed E-state index contributed by atoms with van der Waals surface area (Å²) in [7, 11) is 0. The van der Waals surface area contributed by atoms with Crippen LogP contribution in [0.3, 0.4) is 0 Å². The second-order valence-corrected chi connectivity index (χ2v) is 7.94. The Bertz CT molecular complexity index is 1040. The van der Waals surface area contributed by atoms with Gasteiger partial charge in [0.15, 0.2) is 6.61 Å². The first-order valence-corrected chi connectivity index (χ1v) is 10.9. The summed E-state index contributed by atoms with van der Waals surface area (Å²) in [5.41, 5.74) is 2.15. The van der Waals surface area contributed by atoms with Crippen molar-refractivity contribution in [3.8, 4) is 5.75 Å². The van der Waals surface area contributed by atoms with Gasteiger partial charge in [0.25, 0.3) is 5.91 Å². The van der Waals surface area contributed by atoms with Crippen LogP contribution in [0.25, 0.3) is 0 Å². The summed E-state index contributed by atoms with van der Waals surface area (Å²) in [5.74, 6) is -0.478. The maximum atomic E-state index is 12.6. The van der Waals surface area contributed by atoms with Crippen LogP contribution in [0.5, 0.6) is 5.75 Å². The van der Waals surface area contributed by atoms with Gasteiger partial charge in [0, 0.05) is 22.3 Å². The molecule has 0 unspecified atom stereocenters. The Morgan fingerprint density at radius 3 is 2.62 bits per heavy atom. The minimum absolute atomic E-state index is 0.194. The van der Waals surface area contributed by atoms with Crippen LogP contribution < -0.4 is 20.7 Å². The van der Waals surface area contributed by atoms with Crippen molar-refractivity contribution in [3.05, 3.63) is 75.4 Å². The monoisotopic (exact) mass is 501 g/mol. The molecule has 0 aliphatic carbocycles. The first-order valence-electron chi connectivity index (χ1n) is 10.1. The number of allylic oxidation sites excluding steroid dienone is 1. The molecule has 0 spiro atoms. The van der Waals surface area contributed by atoms with Crippen LogP contribution in [0, 0.1) is 0 Å². The third-order valence-electron chi connectivity index (χ3n) is 4.74. The lowest BCUT2D eigenvalue weighted by atomic mass is 9.95. The molecule has 1 aliphatic heterocycles. The van der Waals surface area contributed by atoms with E-state index in [0.29, 0.717) is 23.6 Å². The molecule has 1 atom stereocenters. The molecule has 0 aromatic heterocycles. The van der Waals surface area contributed by atoms with Crippen LogP contribution in [0.4, 0.5) is 4.79 Å². The Kier molecular flexibility index (Phi) is 7.88. The van der Waals surface area contributed by atoms with Crippen molar-refractivity contribution >= 4 is 33.8 Å². The summed E-state index contributed by atoms with van der Waals surface area (Å²) in [4.78, 5) is 37.0. The van der Waals surface area contributed by atoms with Crippen LogP contribution in [0.2, 0.25) is 0 Å². The molecule has 9 heteroatoms. The van der Waals surface area contributed by atoms with Crippen molar-refractivity contribution in [2.75, 3.05) is 13.2 Å². The van der Waals surface area contributed by atoms with Crippen molar-refractivity contribution in [2.24, 2.45) is 0 Å². The van der Waals surface area contributed by atoms with Gasteiger partial charge in [-0.3, -0.25) is 4.79 Å². The van der Waals surface area contributed by atoms with Gasteiger partial charge in [-0.15, -0.1) is 0 Å². The lowest BCUT2D eigenvalue weighted by molar-refractivity contribution is -0.139. The van der Waals surface area contributed by atoms with Gasteiger partial charge in [0.1, 0.15) is 5.75 Å². The van der Waals surface area contributed by atoms with Gasteiger partial charge >= 0.3 is 12.0 Å². The molecule has 0 saturated carbocycles. The van der Waals surface area contributed by atoms with Crippen molar-refractivity contribution in [3.63, 3.8) is 0 Å². The Labute approximate surface area is 194 Å². The number of carbonyl (C=O) groups excluding carboxylic acids is 3. The number of hydrogen-bond donors (Lipinski definition) is 3. The molecular weight excluding hydrogens is 478 g/mol. The summed E-state index contributed by atoms with van der Waals surface area (Å²) in [5, 5.41) is 8.14. The number of halogens is 1. The maximum Gasteiger partial charge on any atom is 0.338 e. The molecule has 1 heterocycles. The van der Waals surface area contributed by atoms with E-state index in [1.54, 1.807) is 32.0 Å². The quantitative estimate of drug-likeness (QED) is 0.481. The van der Waals surface area contributed by atoms with Gasteiger partial charge in [-0.05, 0) is 37.6 Å². The van der Waals surface area contributed by atoms with Gasteiger partial charge in [0.05, 0.1) is 18.2 Å². The summed E-state index contributed by atoms with van der Waals surface area (Å²) in [6, 6.07) is 13.4. The van der Waals surface area contributed by atoms with E-state index in [2.05, 4.69) is 31.9 Å². The molecular formula is C23H24BrN3O5. The van der Waals surface area contributed by atoms with Crippen LogP contribution in [0.15, 0.2) is 64.3 Å². The van der Waals surface area contributed by atoms with Crippen LogP contribution >= 0.6 is 15.9 Å². The molecule has 0 bridgehead atoms. The number of benzene rings is 2. The number of nitrogens with one attached hydrogen (secondary N) is 3. The molecule has 2 aromatic rings. The summed E-state index contributed by atoms with van der Waals surface area (Å²) >= 11 is 3.42. The van der Waals surface area contributed by atoms with E-state index in [-0.39, 0.29) is 24.7 Å². The number of urea groups is 1. The van der Waals surface area contributed by atoms with Gasteiger partial charge in [-0.25, -0.2) is 9.59 Å². The standard InChI is InChI=1S/C23H24BrN3O5/c1-3-31-22(29)20-14(2)26-23(30)27-21(20)17-11-16(24)9-10-18(17)32-13-19(28)25-12-15-7-5-4-6-8-15/h4-11,21H,3,12-13H2,1-2H3,(H,25,28)(H2,26,27,30)/t21-/m1/s1. The van der Waals surface area contributed by atoms with E-state index in [9.17, 15) is 14.4 Å². The molecule has 3 amide bonds. The predicted octanol–water partition coefficient (Wildman–Crippen LogP) is 3.34. The zero-order valence-electron chi connectivity index (χ0n) is 17.7. The predicted molar refractivity (Wildman–Crippen MR) is 122 cm³/mol. The lowest BCUT2D eigenvalue weighted by Gasteiger charge is -2.29. The lowest BCUT2D eigenvalue weighted by Crippen LogP contribution is -2.45. The largest absolute Gasteiger partial charge is 0.483 e. The molecule has 8 nitrogen and oxygen atoms in total. The zero-order valence-corrected chi connectivity index (χ0v) is 19.3. The van der Waals surface area contributed by atoms with Crippen LogP contribution in [-0.4, -0.2) is 31.1 Å².